The van der Waals surface area contributed by atoms with Crippen molar-refractivity contribution in [1.82, 2.24) is 5.32 Å². The number of ether oxygens (including phenoxy) is 1. The predicted molar refractivity (Wildman–Crippen MR) is 82.7 cm³/mol. The Balaban J connectivity index is 2.86. The molecule has 1 aromatic rings. The average molecular weight is 300 g/mol. The summed E-state index contributed by atoms with van der Waals surface area (Å²) in [5.41, 5.74) is 0.647. The third-order valence-corrected chi connectivity index (χ3v) is 3.20. The largest absolute Gasteiger partial charge is 0.380 e. The number of benzene rings is 1. The second-order valence-corrected chi connectivity index (χ2v) is 5.22. The Morgan fingerprint density at radius 1 is 1.19 bits per heavy atom. The lowest BCUT2D eigenvalue weighted by atomic mass is 10.1. The van der Waals surface area contributed by atoms with E-state index in [1.54, 1.807) is 4.90 Å². The van der Waals surface area contributed by atoms with Gasteiger partial charge in [-0.1, -0.05) is 13.8 Å². The highest BCUT2D eigenvalue weighted by Crippen LogP contribution is 2.25. The van der Waals surface area contributed by atoms with E-state index in [0.717, 1.165) is 0 Å². The molecule has 3 nitrogen and oxygen atoms in total. The van der Waals surface area contributed by atoms with Gasteiger partial charge in [0.1, 0.15) is 17.3 Å². The van der Waals surface area contributed by atoms with Gasteiger partial charge >= 0.3 is 0 Å². The second-order valence-electron chi connectivity index (χ2n) is 5.22. The number of hydrogen-bond donors (Lipinski definition) is 1. The van der Waals surface area contributed by atoms with E-state index in [9.17, 15) is 8.78 Å². The zero-order valence-corrected chi connectivity index (χ0v) is 13.4. The van der Waals surface area contributed by atoms with Gasteiger partial charge in [0.2, 0.25) is 0 Å². The van der Waals surface area contributed by atoms with E-state index in [4.69, 9.17) is 4.74 Å². The number of halogens is 2. The summed E-state index contributed by atoms with van der Waals surface area (Å²) in [5, 5.41) is 3.15. The lowest BCUT2D eigenvalue weighted by Crippen LogP contribution is -2.29. The molecular weight excluding hydrogens is 274 g/mol. The maximum Gasteiger partial charge on any atom is 0.149 e. The van der Waals surface area contributed by atoms with Crippen molar-refractivity contribution in [2.75, 3.05) is 31.2 Å². The Labute approximate surface area is 126 Å². The van der Waals surface area contributed by atoms with E-state index in [0.29, 0.717) is 38.4 Å². The van der Waals surface area contributed by atoms with Gasteiger partial charge in [-0.15, -0.1) is 0 Å². The Hall–Kier alpha value is -1.20. The van der Waals surface area contributed by atoms with Crippen molar-refractivity contribution in [3.63, 3.8) is 0 Å². The maximum atomic E-state index is 14.2. The number of nitrogens with one attached hydrogen (secondary N) is 1. The van der Waals surface area contributed by atoms with Gasteiger partial charge in [0.25, 0.3) is 0 Å². The molecule has 0 amide bonds. The molecule has 0 aliphatic carbocycles. The van der Waals surface area contributed by atoms with E-state index in [1.807, 2.05) is 27.7 Å². The van der Waals surface area contributed by atoms with Gasteiger partial charge in [-0.2, -0.15) is 0 Å². The van der Waals surface area contributed by atoms with Crippen LogP contribution < -0.4 is 10.2 Å². The van der Waals surface area contributed by atoms with Crippen LogP contribution in [-0.4, -0.2) is 32.3 Å². The van der Waals surface area contributed by atoms with Gasteiger partial charge in [0, 0.05) is 32.3 Å². The predicted octanol–water partition coefficient (Wildman–Crippen LogP) is 3.33. The van der Waals surface area contributed by atoms with Crippen molar-refractivity contribution < 1.29 is 13.5 Å². The molecule has 1 aromatic carbocycles. The fourth-order valence-electron chi connectivity index (χ4n) is 2.09. The summed E-state index contributed by atoms with van der Waals surface area (Å²) in [6.45, 7) is 10.3. The average Bonchev–Trinajstić information content (AvgIpc) is 2.42. The smallest absolute Gasteiger partial charge is 0.149 e. The number of hydrogen-bond acceptors (Lipinski definition) is 3. The molecule has 0 bridgehead atoms. The third-order valence-electron chi connectivity index (χ3n) is 3.20. The number of rotatable bonds is 9. The Morgan fingerprint density at radius 2 is 1.81 bits per heavy atom. The molecule has 0 aliphatic rings. The third kappa shape index (κ3) is 5.59. The summed E-state index contributed by atoms with van der Waals surface area (Å²) in [5.74, 6) is -1.04. The molecule has 1 rings (SSSR count). The molecule has 5 heteroatoms. The van der Waals surface area contributed by atoms with E-state index in [-0.39, 0.29) is 11.7 Å². The highest BCUT2D eigenvalue weighted by atomic mass is 19.1. The quantitative estimate of drug-likeness (QED) is 0.708. The minimum Gasteiger partial charge on any atom is -0.380 e. The van der Waals surface area contributed by atoms with Gasteiger partial charge in [0.05, 0.1) is 6.61 Å². The molecule has 0 saturated carbocycles. The van der Waals surface area contributed by atoms with Crippen molar-refractivity contribution in [3.05, 3.63) is 29.3 Å². The molecule has 0 unspecified atom stereocenters. The Kier molecular flexibility index (Phi) is 7.61. The van der Waals surface area contributed by atoms with Crippen LogP contribution in [0, 0.1) is 11.6 Å². The standard InChI is InChI=1S/C16H26F2N2O/c1-5-20(7-8-21-6-2)16-14(17)9-13(10-15(16)18)11-19-12(3)4/h9-10,12,19H,5-8,11H2,1-4H3. The van der Waals surface area contributed by atoms with Crippen LogP contribution in [0.3, 0.4) is 0 Å². The summed E-state index contributed by atoms with van der Waals surface area (Å²) >= 11 is 0. The number of anilines is 1. The minimum absolute atomic E-state index is 0.0329. The van der Waals surface area contributed by atoms with E-state index in [1.165, 1.54) is 12.1 Å². The van der Waals surface area contributed by atoms with Crippen LogP contribution in [0.5, 0.6) is 0 Å². The summed E-state index contributed by atoms with van der Waals surface area (Å²) < 4.78 is 33.7. The van der Waals surface area contributed by atoms with Crippen LogP contribution in [0.2, 0.25) is 0 Å². The van der Waals surface area contributed by atoms with Crippen LogP contribution in [0.4, 0.5) is 14.5 Å². The topological polar surface area (TPSA) is 24.5 Å². The number of nitrogens with zero attached hydrogens (tertiary/aromatic N) is 1. The first kappa shape index (κ1) is 17.9. The molecule has 0 atom stereocenters. The van der Waals surface area contributed by atoms with Crippen molar-refractivity contribution in [2.45, 2.75) is 40.3 Å². The molecule has 0 spiro atoms. The Morgan fingerprint density at radius 3 is 2.29 bits per heavy atom. The van der Waals surface area contributed by atoms with Crippen molar-refractivity contribution in [2.24, 2.45) is 0 Å². The van der Waals surface area contributed by atoms with Crippen LogP contribution >= 0.6 is 0 Å². The lowest BCUT2D eigenvalue weighted by Gasteiger charge is -2.24. The van der Waals surface area contributed by atoms with E-state index < -0.39 is 11.6 Å². The summed E-state index contributed by atoms with van der Waals surface area (Å²) in [7, 11) is 0. The SMILES string of the molecule is CCOCCN(CC)c1c(F)cc(CNC(C)C)cc1F. The van der Waals surface area contributed by atoms with E-state index >= 15 is 0 Å². The van der Waals surface area contributed by atoms with Crippen molar-refractivity contribution in [1.29, 1.82) is 0 Å². The fourth-order valence-corrected chi connectivity index (χ4v) is 2.09. The van der Waals surface area contributed by atoms with E-state index in [2.05, 4.69) is 5.32 Å². The normalized spacial score (nSPS) is 11.2. The first-order valence-corrected chi connectivity index (χ1v) is 7.53. The molecular formula is C16H26F2N2O. The molecule has 0 fully saturated rings. The van der Waals surface area contributed by atoms with Crippen LogP contribution in [0.25, 0.3) is 0 Å². The van der Waals surface area contributed by atoms with Gasteiger partial charge in [0.15, 0.2) is 0 Å². The zero-order valence-electron chi connectivity index (χ0n) is 13.4. The van der Waals surface area contributed by atoms with Crippen molar-refractivity contribution >= 4 is 5.69 Å². The lowest BCUT2D eigenvalue weighted by molar-refractivity contribution is 0.154. The van der Waals surface area contributed by atoms with Gasteiger partial charge in [-0.05, 0) is 31.5 Å². The fraction of sp³-hybridized carbons (Fsp3) is 0.625. The monoisotopic (exact) mass is 300 g/mol. The molecule has 0 aromatic heterocycles. The maximum absolute atomic E-state index is 14.2. The first-order chi connectivity index (χ1) is 9.99. The highest BCUT2D eigenvalue weighted by Gasteiger charge is 2.17. The number of likely N-dealkylation sites (N-methyl/N-ethyl adjacent to an activating group) is 1. The molecule has 0 radical (unpaired) electrons. The molecule has 0 saturated heterocycles. The zero-order chi connectivity index (χ0) is 15.8. The minimum atomic E-state index is -0.520. The van der Waals surface area contributed by atoms with Crippen molar-refractivity contribution in [3.8, 4) is 0 Å². The summed E-state index contributed by atoms with van der Waals surface area (Å²) in [6.07, 6.45) is 0. The summed E-state index contributed by atoms with van der Waals surface area (Å²) in [4.78, 5) is 1.67. The molecule has 1 N–H and O–H groups in total. The Bertz CT molecular complexity index is 415. The van der Waals surface area contributed by atoms with Crippen LogP contribution in [0.15, 0.2) is 12.1 Å². The molecule has 0 aliphatic heterocycles. The van der Waals surface area contributed by atoms with Crippen LogP contribution in [-0.2, 0) is 11.3 Å². The van der Waals surface area contributed by atoms with Crippen LogP contribution in [0.1, 0.15) is 33.3 Å². The highest BCUT2D eigenvalue weighted by molar-refractivity contribution is 5.50. The van der Waals surface area contributed by atoms with Gasteiger partial charge in [-0.3, -0.25) is 0 Å². The molecule has 0 heterocycles. The summed E-state index contributed by atoms with van der Waals surface area (Å²) in [6, 6.07) is 3.07. The molecule has 120 valence electrons. The van der Waals surface area contributed by atoms with Gasteiger partial charge < -0.3 is 15.0 Å². The molecule has 21 heavy (non-hydrogen) atoms. The second kappa shape index (κ2) is 8.95. The van der Waals surface area contributed by atoms with Gasteiger partial charge in [-0.25, -0.2) is 8.78 Å². The first-order valence-electron chi connectivity index (χ1n) is 7.53.